The number of rotatable bonds is 17. The van der Waals surface area contributed by atoms with E-state index in [9.17, 15) is 29.3 Å². The van der Waals surface area contributed by atoms with E-state index in [0.29, 0.717) is 5.56 Å². The quantitative estimate of drug-likeness (QED) is 0.0503. The summed E-state index contributed by atoms with van der Waals surface area (Å²) >= 11 is 10.4. The maximum absolute atomic E-state index is 16.4. The fraction of sp³-hybridized carbons (Fsp3) is 0.441. The van der Waals surface area contributed by atoms with Crippen molar-refractivity contribution in [3.63, 3.8) is 0 Å². The molecule has 2 aliphatic heterocycles. The van der Waals surface area contributed by atoms with Gasteiger partial charge in [0.05, 0.1) is 45.0 Å². The van der Waals surface area contributed by atoms with Crippen LogP contribution in [-0.2, 0) is 61.0 Å². The number of amides is 2. The molecule has 5 aromatic rings. The second kappa shape index (κ2) is 20.4. The normalized spacial score (nSPS) is 24.5. The molecule has 2 unspecified atom stereocenters. The molecule has 2 amide bonds. The highest BCUT2D eigenvalue weighted by Gasteiger charge is 2.53. The van der Waals surface area contributed by atoms with Crippen LogP contribution in [0.3, 0.4) is 0 Å². The molecule has 0 bridgehead atoms. The highest BCUT2D eigenvalue weighted by molar-refractivity contribution is 8.25. The van der Waals surface area contributed by atoms with Gasteiger partial charge in [-0.1, -0.05) is 36.6 Å². The van der Waals surface area contributed by atoms with Crippen molar-refractivity contribution in [2.24, 2.45) is 5.92 Å². The molecule has 336 valence electrons. The Kier molecular flexibility index (Phi) is 15.4. The van der Waals surface area contributed by atoms with E-state index in [2.05, 4.69) is 40.5 Å². The van der Waals surface area contributed by atoms with Crippen LogP contribution in [0.15, 0.2) is 54.1 Å². The molecule has 1 aromatic carbocycles. The van der Waals surface area contributed by atoms with Gasteiger partial charge in [0, 0.05) is 11.5 Å². The number of H-pyrrole nitrogens is 1. The van der Waals surface area contributed by atoms with Crippen molar-refractivity contribution in [1.29, 1.82) is 5.26 Å². The minimum absolute atomic E-state index is 0. The van der Waals surface area contributed by atoms with Gasteiger partial charge in [0.25, 0.3) is 11.5 Å². The zero-order chi connectivity index (χ0) is 44.3. The standard InChI is InChI=1S/C34H35F2N11O11P2S2.H3N/c1-16(2)29(49)44-34-43-28-23(31(51)45-34)41-15-47(28)33-25(20(35)18(11-48)55-33)58-60(62,53-10-6-9-37)54-12-19-24(57-59(52)61)21(36)32(56-19)46-14-40-22-26(38-13-39-27(22)46)42-30(50)17-7-4-3-5-8-17;/h3-5,7-8,13-16,18-21,24-25,32-33,48H,6,10-12H2,1-2H3,(H,38,39,42,50)(H2,43,44,45,49,51);1H3/p+1/t18-,19-,20-,21+,24-,25-,32-,33-,60?;/m1./s1. The first-order valence-corrected chi connectivity index (χ1v) is 23.2. The van der Waals surface area contributed by atoms with Crippen LogP contribution < -0.4 is 22.3 Å². The van der Waals surface area contributed by atoms with Crippen LogP contribution in [0.5, 0.6) is 0 Å². The monoisotopic (exact) mass is 955 g/mol. The van der Waals surface area contributed by atoms with E-state index >= 15 is 8.78 Å². The van der Waals surface area contributed by atoms with Gasteiger partial charge in [-0.2, -0.15) is 14.8 Å². The minimum Gasteiger partial charge on any atom is -0.408 e. The number of aliphatic hydroxyl groups is 1. The maximum atomic E-state index is 16.4. The second-order valence-electron chi connectivity index (χ2n) is 13.8. The van der Waals surface area contributed by atoms with E-state index in [1.807, 2.05) is 6.07 Å². The SMILES string of the molecule is CC(C)C(=O)Nc1nc2c(ncn2[C@@H]2O[C@H](CO)[C@@H](F)[C@H]2OP(=S)(OCCC#N)OC[C@H]2O[C@@H](n3cnc4c(NC(=O)c5ccccc5)ncnc43)[C@@H](F)[C@@H]2O[P+](=O)[S-])c(=O)[nH]1.[NH4+]. The van der Waals surface area contributed by atoms with Gasteiger partial charge in [0.2, 0.25) is 11.9 Å². The van der Waals surface area contributed by atoms with Gasteiger partial charge in [-0.25, -0.2) is 28.7 Å². The summed E-state index contributed by atoms with van der Waals surface area (Å²) < 4.78 is 82.0. The largest absolute Gasteiger partial charge is 0.408 e. The summed E-state index contributed by atoms with van der Waals surface area (Å²) in [6.45, 7) is -2.93. The number of aromatic amines is 1. The molecule has 0 saturated carbocycles. The molecule has 2 fully saturated rings. The van der Waals surface area contributed by atoms with Crippen molar-refractivity contribution in [1.82, 2.24) is 45.2 Å². The molecule has 10 atom stereocenters. The number of imidazole rings is 2. The number of hydrogen-bond donors (Lipinski definition) is 5. The van der Waals surface area contributed by atoms with Gasteiger partial charge in [0.15, 0.2) is 59.0 Å². The summed E-state index contributed by atoms with van der Waals surface area (Å²) in [6.07, 6.45) is -10.5. The van der Waals surface area contributed by atoms with Gasteiger partial charge >= 0.3 is 13.9 Å². The number of aliphatic hydroxyl groups excluding tert-OH is 1. The molecular formula is C34H39F2N12O11P2S2+. The molecule has 29 heteroatoms. The van der Waals surface area contributed by atoms with E-state index < -0.39 is 99.7 Å². The molecule has 0 spiro atoms. The van der Waals surface area contributed by atoms with Crippen LogP contribution in [0.25, 0.3) is 22.3 Å². The number of nitrogens with zero attached hydrogens (tertiary/aromatic N) is 8. The summed E-state index contributed by atoms with van der Waals surface area (Å²) in [6, 6.07) is 10.2. The van der Waals surface area contributed by atoms with E-state index in [0.717, 1.165) is 17.2 Å². The van der Waals surface area contributed by atoms with E-state index in [1.165, 1.54) is 10.9 Å². The number of anilines is 2. The van der Waals surface area contributed by atoms with Gasteiger partial charge in [-0.15, -0.1) is 0 Å². The second-order valence-corrected chi connectivity index (χ2v) is 18.3. The van der Waals surface area contributed by atoms with Crippen LogP contribution in [0, 0.1) is 17.2 Å². The molecule has 23 nitrogen and oxygen atoms in total. The third-order valence-corrected chi connectivity index (χ3v) is 12.4. The van der Waals surface area contributed by atoms with Crippen molar-refractivity contribution in [3.8, 4) is 6.07 Å². The number of aromatic nitrogens is 8. The number of ether oxygens (including phenoxy) is 2. The first kappa shape index (κ1) is 47.7. The number of quaternary nitrogens is 1. The Morgan fingerprint density at radius 1 is 1.03 bits per heavy atom. The van der Waals surface area contributed by atoms with E-state index in [4.69, 9.17) is 51.6 Å². The Bertz CT molecular complexity index is 2620. The molecule has 4 aromatic heterocycles. The number of carbonyl (C=O) groups is 2. The first-order chi connectivity index (χ1) is 29.7. The molecule has 2 aliphatic rings. The highest BCUT2D eigenvalue weighted by atomic mass is 32.7. The predicted octanol–water partition coefficient (Wildman–Crippen LogP) is 3.79. The molecule has 7 rings (SSSR count). The van der Waals surface area contributed by atoms with Crippen molar-refractivity contribution in [3.05, 3.63) is 65.2 Å². The van der Waals surface area contributed by atoms with Crippen LogP contribution in [0.4, 0.5) is 20.5 Å². The average molecular weight is 956 g/mol. The summed E-state index contributed by atoms with van der Waals surface area (Å²) in [5.74, 6) is -1.68. The predicted molar refractivity (Wildman–Crippen MR) is 223 cm³/mol. The molecule has 63 heavy (non-hydrogen) atoms. The number of hydrogen-bond acceptors (Lipinski definition) is 19. The highest BCUT2D eigenvalue weighted by Crippen LogP contribution is 2.55. The summed E-state index contributed by atoms with van der Waals surface area (Å²) in [7, 11) is -2.85. The first-order valence-electron chi connectivity index (χ1n) is 18.5. The maximum Gasteiger partial charge on any atom is 0.372 e. The number of alkyl halides is 2. The summed E-state index contributed by atoms with van der Waals surface area (Å²) in [5, 5.41) is 24.4. The number of nitrogens with one attached hydrogen (secondary N) is 3. The molecule has 6 heterocycles. The van der Waals surface area contributed by atoms with Gasteiger partial charge in [-0.05, 0) is 23.9 Å². The average Bonchev–Trinajstić information content (AvgIpc) is 4.02. The lowest BCUT2D eigenvalue weighted by atomic mass is 10.1. The van der Waals surface area contributed by atoms with E-state index in [-0.39, 0.29) is 53.3 Å². The zero-order valence-electron chi connectivity index (χ0n) is 33.2. The van der Waals surface area contributed by atoms with Gasteiger partial charge < -0.3 is 47.3 Å². The molecule has 0 aliphatic carbocycles. The Labute approximate surface area is 366 Å². The van der Waals surface area contributed by atoms with Crippen molar-refractivity contribution < 1.29 is 55.6 Å². The van der Waals surface area contributed by atoms with E-state index in [1.54, 1.807) is 44.2 Å². The summed E-state index contributed by atoms with van der Waals surface area (Å²) in [5.41, 5.74) is -0.699. The topological polar surface area (TPSA) is 318 Å². The van der Waals surface area contributed by atoms with Crippen LogP contribution in [-0.4, -0.2) is 113 Å². The van der Waals surface area contributed by atoms with Crippen LogP contribution in [0.1, 0.15) is 43.1 Å². The summed E-state index contributed by atoms with van der Waals surface area (Å²) in [4.78, 5) is 61.5. The fourth-order valence-electron chi connectivity index (χ4n) is 6.40. The Morgan fingerprint density at radius 3 is 2.41 bits per heavy atom. The Morgan fingerprint density at radius 2 is 1.73 bits per heavy atom. The lowest BCUT2D eigenvalue weighted by Gasteiger charge is -2.29. The van der Waals surface area contributed by atoms with Crippen molar-refractivity contribution in [2.75, 3.05) is 30.5 Å². The number of halogens is 2. The fourth-order valence-corrected chi connectivity index (χ4v) is 9.21. The minimum atomic E-state index is -4.25. The molecule has 8 N–H and O–H groups in total. The van der Waals surface area contributed by atoms with Gasteiger partial charge in [-0.3, -0.25) is 38.3 Å². The lowest BCUT2D eigenvalue weighted by molar-refractivity contribution is -0.118. The van der Waals surface area contributed by atoms with Crippen molar-refractivity contribution >= 4 is 83.9 Å². The molecule has 2 saturated heterocycles. The number of benzene rings is 1. The number of nitriles is 1. The number of fused-ring (bicyclic) bond motifs is 2. The Hall–Kier alpha value is -4.81. The smallest absolute Gasteiger partial charge is 0.372 e. The van der Waals surface area contributed by atoms with Gasteiger partial charge in [0.1, 0.15) is 24.6 Å². The lowest BCUT2D eigenvalue weighted by Crippen LogP contribution is -2.34. The third-order valence-electron chi connectivity index (χ3n) is 9.40. The Balaban J connectivity index is 0.00000661. The van der Waals surface area contributed by atoms with Crippen LogP contribution in [0.2, 0.25) is 0 Å². The molecular weight excluding hydrogens is 917 g/mol. The van der Waals surface area contributed by atoms with Crippen molar-refractivity contribution in [2.45, 2.75) is 69.5 Å². The zero-order valence-corrected chi connectivity index (χ0v) is 36.6. The third kappa shape index (κ3) is 10.3. The molecule has 0 radical (unpaired) electrons. The van der Waals surface area contributed by atoms with Crippen LogP contribution >= 0.6 is 13.9 Å². The number of carbonyl (C=O) groups excluding carboxylic acids is 2.